The molecule has 1 amide bonds. The number of hydrogen-bond donors (Lipinski definition) is 12. The minimum absolute atomic E-state index is 0.249. The van der Waals surface area contributed by atoms with Crippen LogP contribution in [0, 0.1) is 0 Å². The number of hydrogen-bond acceptors (Lipinski definition) is 18. The van der Waals surface area contributed by atoms with E-state index in [2.05, 4.69) is 67.8 Å². The van der Waals surface area contributed by atoms with Gasteiger partial charge in [0.05, 0.1) is 38.6 Å². The molecule has 17 atom stereocenters. The Morgan fingerprint density at radius 2 is 0.873 bits per heavy atom. The molecular formula is C60H107NO18. The highest BCUT2D eigenvalue weighted by molar-refractivity contribution is 5.76. The van der Waals surface area contributed by atoms with Crippen LogP contribution in [-0.2, 0) is 33.2 Å². The minimum Gasteiger partial charge on any atom is -0.394 e. The summed E-state index contributed by atoms with van der Waals surface area (Å²) in [5, 5.41) is 120. The second-order valence-corrected chi connectivity index (χ2v) is 21.8. The van der Waals surface area contributed by atoms with Gasteiger partial charge in [0.15, 0.2) is 18.9 Å². The lowest BCUT2D eigenvalue weighted by molar-refractivity contribution is -0.379. The number of carbonyl (C=O) groups excluding carboxylic acids is 1. The van der Waals surface area contributed by atoms with E-state index in [9.17, 15) is 61.0 Å². The van der Waals surface area contributed by atoms with Crippen LogP contribution in [0.25, 0.3) is 0 Å². The first kappa shape index (κ1) is 71.0. The van der Waals surface area contributed by atoms with Crippen LogP contribution in [-0.4, -0.2) is 193 Å². The van der Waals surface area contributed by atoms with Crippen LogP contribution in [0.1, 0.15) is 194 Å². The van der Waals surface area contributed by atoms with Crippen molar-refractivity contribution in [2.75, 3.05) is 26.4 Å². The Balaban J connectivity index is 1.50. The highest BCUT2D eigenvalue weighted by atomic mass is 16.8. The number of rotatable bonds is 44. The maximum atomic E-state index is 13.3. The molecule has 17 unspecified atom stereocenters. The molecule has 460 valence electrons. The molecule has 0 aromatic carbocycles. The molecule has 3 aliphatic heterocycles. The Morgan fingerprint density at radius 1 is 0.468 bits per heavy atom. The van der Waals surface area contributed by atoms with Gasteiger partial charge in [0.2, 0.25) is 5.91 Å². The normalized spacial score (nSPS) is 30.6. The lowest BCUT2D eigenvalue weighted by Crippen LogP contribution is -2.66. The molecule has 0 bridgehead atoms. The first-order valence-corrected chi connectivity index (χ1v) is 30.4. The number of allylic oxidation sites excluding steroid dienone is 8. The van der Waals surface area contributed by atoms with Gasteiger partial charge in [-0.3, -0.25) is 4.79 Å². The summed E-state index contributed by atoms with van der Waals surface area (Å²) in [6.07, 6.45) is 20.4. The first-order chi connectivity index (χ1) is 38.3. The van der Waals surface area contributed by atoms with Crippen LogP contribution in [0.15, 0.2) is 48.6 Å². The number of aliphatic hydroxyl groups is 11. The van der Waals surface area contributed by atoms with Crippen LogP contribution in [0.5, 0.6) is 0 Å². The van der Waals surface area contributed by atoms with E-state index in [1.54, 1.807) is 0 Å². The fraction of sp³-hybridized carbons (Fsp3) is 0.850. The highest BCUT2D eigenvalue weighted by Crippen LogP contribution is 2.33. The van der Waals surface area contributed by atoms with Crippen molar-refractivity contribution in [3.05, 3.63) is 48.6 Å². The quantitative estimate of drug-likeness (QED) is 0.0265. The number of aliphatic hydroxyl groups excluding tert-OH is 11. The third kappa shape index (κ3) is 27.3. The fourth-order valence-corrected chi connectivity index (χ4v) is 10.2. The predicted molar refractivity (Wildman–Crippen MR) is 300 cm³/mol. The van der Waals surface area contributed by atoms with E-state index in [0.717, 1.165) is 89.9 Å². The van der Waals surface area contributed by atoms with Crippen molar-refractivity contribution in [2.45, 2.75) is 298 Å². The maximum Gasteiger partial charge on any atom is 0.220 e. The summed E-state index contributed by atoms with van der Waals surface area (Å²) in [6.45, 7) is 1.65. The monoisotopic (exact) mass is 1130 g/mol. The minimum atomic E-state index is -1.97. The summed E-state index contributed by atoms with van der Waals surface area (Å²) in [7, 11) is 0. The molecule has 3 fully saturated rings. The van der Waals surface area contributed by atoms with Crippen LogP contribution >= 0.6 is 0 Å². The average Bonchev–Trinajstić information content (AvgIpc) is 3.47. The van der Waals surface area contributed by atoms with Crippen LogP contribution in [0.2, 0.25) is 0 Å². The topological polar surface area (TPSA) is 307 Å². The molecule has 0 aromatic heterocycles. The van der Waals surface area contributed by atoms with Crippen LogP contribution in [0.4, 0.5) is 0 Å². The van der Waals surface area contributed by atoms with Gasteiger partial charge in [-0.1, -0.05) is 184 Å². The summed E-state index contributed by atoms with van der Waals surface area (Å²) < 4.78 is 34.3. The Hall–Kier alpha value is -2.25. The molecule has 0 saturated carbocycles. The van der Waals surface area contributed by atoms with Gasteiger partial charge in [-0.05, 0) is 51.4 Å². The number of unbranched alkanes of at least 4 members (excludes halogenated alkanes) is 20. The van der Waals surface area contributed by atoms with E-state index in [1.807, 2.05) is 0 Å². The van der Waals surface area contributed by atoms with Gasteiger partial charge in [0, 0.05) is 6.42 Å². The fourth-order valence-electron chi connectivity index (χ4n) is 10.2. The second kappa shape index (κ2) is 43.4. The van der Waals surface area contributed by atoms with E-state index in [4.69, 9.17) is 28.4 Å². The second-order valence-electron chi connectivity index (χ2n) is 21.8. The van der Waals surface area contributed by atoms with Gasteiger partial charge >= 0.3 is 0 Å². The highest BCUT2D eigenvalue weighted by Gasteiger charge is 2.53. The van der Waals surface area contributed by atoms with Crippen LogP contribution < -0.4 is 5.32 Å². The summed E-state index contributed by atoms with van der Waals surface area (Å²) in [5.74, 6) is -0.259. The first-order valence-electron chi connectivity index (χ1n) is 30.4. The molecule has 3 aliphatic rings. The molecule has 0 aromatic rings. The van der Waals surface area contributed by atoms with E-state index in [1.165, 1.54) is 70.6 Å². The number of nitrogens with one attached hydrogen (secondary N) is 1. The third-order valence-corrected chi connectivity index (χ3v) is 15.2. The predicted octanol–water partition coefficient (Wildman–Crippen LogP) is 5.48. The Bertz CT molecular complexity index is 1630. The molecule has 12 N–H and O–H groups in total. The Labute approximate surface area is 472 Å². The Kier molecular flexibility index (Phi) is 39.0. The molecule has 0 radical (unpaired) electrons. The van der Waals surface area contributed by atoms with Crippen molar-refractivity contribution in [3.8, 4) is 0 Å². The van der Waals surface area contributed by atoms with E-state index in [-0.39, 0.29) is 18.9 Å². The smallest absolute Gasteiger partial charge is 0.220 e. The molecule has 0 spiro atoms. The lowest BCUT2D eigenvalue weighted by Gasteiger charge is -2.48. The van der Waals surface area contributed by atoms with E-state index >= 15 is 0 Å². The largest absolute Gasteiger partial charge is 0.394 e. The molecule has 19 heteroatoms. The average molecular weight is 1130 g/mol. The lowest BCUT2D eigenvalue weighted by atomic mass is 9.96. The molecule has 3 saturated heterocycles. The van der Waals surface area contributed by atoms with E-state index in [0.29, 0.717) is 12.8 Å². The van der Waals surface area contributed by atoms with Crippen molar-refractivity contribution in [3.63, 3.8) is 0 Å². The SMILES string of the molecule is CC/C=C\C/C=C\C/C=C\C/C=C\CCCCCCCCC(=O)NC(COC1OC(CO)C(OC2OC(CO)C(OC3OC(CO)C(O)C(O)C3O)C(O)C2O)C(O)C1O)C(O)CCCCCCCCCCCCCCCCC. The number of amides is 1. The Morgan fingerprint density at radius 3 is 1.37 bits per heavy atom. The zero-order chi connectivity index (χ0) is 57.6. The molecule has 3 rings (SSSR count). The summed E-state index contributed by atoms with van der Waals surface area (Å²) in [5.41, 5.74) is 0. The van der Waals surface area contributed by atoms with Crippen molar-refractivity contribution in [1.29, 1.82) is 0 Å². The van der Waals surface area contributed by atoms with Crippen molar-refractivity contribution >= 4 is 5.91 Å². The van der Waals surface area contributed by atoms with Crippen molar-refractivity contribution < 1.29 is 89.4 Å². The van der Waals surface area contributed by atoms with Gasteiger partial charge in [-0.15, -0.1) is 0 Å². The number of carbonyl (C=O) groups is 1. The molecular weight excluding hydrogens is 1020 g/mol. The zero-order valence-corrected chi connectivity index (χ0v) is 47.8. The molecule has 0 aliphatic carbocycles. The maximum absolute atomic E-state index is 13.3. The molecule has 19 nitrogen and oxygen atoms in total. The summed E-state index contributed by atoms with van der Waals surface area (Å²) in [6, 6.07) is -0.896. The van der Waals surface area contributed by atoms with Crippen molar-refractivity contribution in [2.24, 2.45) is 0 Å². The van der Waals surface area contributed by atoms with Gasteiger partial charge in [0.25, 0.3) is 0 Å². The van der Waals surface area contributed by atoms with Crippen molar-refractivity contribution in [1.82, 2.24) is 5.32 Å². The zero-order valence-electron chi connectivity index (χ0n) is 47.8. The van der Waals surface area contributed by atoms with E-state index < -0.39 is 124 Å². The van der Waals surface area contributed by atoms with Gasteiger partial charge in [-0.25, -0.2) is 0 Å². The van der Waals surface area contributed by atoms with Crippen LogP contribution in [0.3, 0.4) is 0 Å². The standard InChI is InChI=1S/C60H107NO18/c1-3-5-7-9-11-13-15-17-19-20-21-22-24-26-28-30-32-34-36-38-48(66)61-43(44(65)37-35-33-31-29-27-25-23-18-16-14-12-10-8-6-4-2)42-74-58-54(72)51(69)56(46(40-63)76-58)79-60-55(73)52(70)57(47(41-64)77-60)78-59-53(71)50(68)49(67)45(39-62)75-59/h5,7,11,13,17,19,21-22,43-47,49-60,62-65,67-73H,3-4,6,8-10,12,14-16,18,20,23-42H2,1-2H3,(H,61,66)/b7-5-,13-11-,19-17-,22-21-. The molecule has 3 heterocycles. The summed E-state index contributed by atoms with van der Waals surface area (Å²) >= 11 is 0. The third-order valence-electron chi connectivity index (χ3n) is 15.2. The van der Waals surface area contributed by atoms with Gasteiger partial charge in [-0.2, -0.15) is 0 Å². The summed E-state index contributed by atoms with van der Waals surface area (Å²) in [4.78, 5) is 13.3. The number of ether oxygens (including phenoxy) is 6. The molecule has 79 heavy (non-hydrogen) atoms. The van der Waals surface area contributed by atoms with Gasteiger partial charge < -0.3 is 89.9 Å². The van der Waals surface area contributed by atoms with Gasteiger partial charge in [0.1, 0.15) is 73.2 Å².